The van der Waals surface area contributed by atoms with Gasteiger partial charge in [0, 0.05) is 43.8 Å². The highest BCUT2D eigenvalue weighted by atomic mass is 19.1. The van der Waals surface area contributed by atoms with Crippen LogP contribution in [0.2, 0.25) is 0 Å². The Morgan fingerprint density at radius 1 is 0.926 bits per heavy atom. The first-order chi connectivity index (χ1) is 13.2. The Labute approximate surface area is 158 Å². The highest BCUT2D eigenvalue weighted by molar-refractivity contribution is 5.57. The molecule has 1 aliphatic rings. The van der Waals surface area contributed by atoms with Crippen LogP contribution in [0.3, 0.4) is 0 Å². The number of hydrogen-bond acceptors (Lipinski definition) is 5. The van der Waals surface area contributed by atoms with Gasteiger partial charge in [-0.2, -0.15) is 4.98 Å². The standard InChI is InChI=1S/C21H22FN5/c1-16-4-2-7-19(14-16)26-10-12-27(13-11-26)21-23-9-8-20(25-21)24-18-6-3-5-17(22)15-18/h2-9,14-15H,10-13H2,1H3,(H,23,24,25). The van der Waals surface area contributed by atoms with E-state index in [-0.39, 0.29) is 5.82 Å². The monoisotopic (exact) mass is 363 g/mol. The molecule has 1 aliphatic heterocycles. The average molecular weight is 363 g/mol. The zero-order valence-electron chi connectivity index (χ0n) is 15.3. The lowest BCUT2D eigenvalue weighted by molar-refractivity contribution is 0.628. The van der Waals surface area contributed by atoms with E-state index in [0.717, 1.165) is 26.2 Å². The van der Waals surface area contributed by atoms with Crippen molar-refractivity contribution in [2.45, 2.75) is 6.92 Å². The minimum absolute atomic E-state index is 0.276. The lowest BCUT2D eigenvalue weighted by Gasteiger charge is -2.36. The Kier molecular flexibility index (Phi) is 4.87. The number of nitrogens with one attached hydrogen (secondary N) is 1. The molecule has 1 fully saturated rings. The third-order valence-electron chi connectivity index (χ3n) is 4.67. The van der Waals surface area contributed by atoms with E-state index in [9.17, 15) is 4.39 Å². The average Bonchev–Trinajstić information content (AvgIpc) is 2.68. The molecule has 0 amide bonds. The Morgan fingerprint density at radius 2 is 1.70 bits per heavy atom. The van der Waals surface area contributed by atoms with Gasteiger partial charge in [-0.05, 0) is 48.9 Å². The second kappa shape index (κ2) is 7.61. The van der Waals surface area contributed by atoms with Gasteiger partial charge in [-0.1, -0.05) is 18.2 Å². The molecule has 0 atom stereocenters. The summed E-state index contributed by atoms with van der Waals surface area (Å²) in [5.74, 6) is 1.08. The smallest absolute Gasteiger partial charge is 0.227 e. The molecule has 5 nitrogen and oxygen atoms in total. The van der Waals surface area contributed by atoms with Crippen molar-refractivity contribution in [3.8, 4) is 0 Å². The van der Waals surface area contributed by atoms with E-state index in [4.69, 9.17) is 0 Å². The van der Waals surface area contributed by atoms with Gasteiger partial charge in [0.2, 0.25) is 5.95 Å². The highest BCUT2D eigenvalue weighted by Crippen LogP contribution is 2.21. The van der Waals surface area contributed by atoms with Crippen LogP contribution in [0.25, 0.3) is 0 Å². The fourth-order valence-corrected chi connectivity index (χ4v) is 3.27. The van der Waals surface area contributed by atoms with Crippen LogP contribution in [0, 0.1) is 12.7 Å². The molecule has 27 heavy (non-hydrogen) atoms. The van der Waals surface area contributed by atoms with Gasteiger partial charge in [-0.15, -0.1) is 0 Å². The molecule has 0 bridgehead atoms. The van der Waals surface area contributed by atoms with E-state index in [0.29, 0.717) is 17.5 Å². The minimum Gasteiger partial charge on any atom is -0.368 e. The maximum absolute atomic E-state index is 13.4. The summed E-state index contributed by atoms with van der Waals surface area (Å²) >= 11 is 0. The summed E-state index contributed by atoms with van der Waals surface area (Å²) in [6, 6.07) is 16.7. The first-order valence-electron chi connectivity index (χ1n) is 9.09. The summed E-state index contributed by atoms with van der Waals surface area (Å²) in [7, 11) is 0. The minimum atomic E-state index is -0.276. The van der Waals surface area contributed by atoms with Crippen LogP contribution in [-0.4, -0.2) is 36.1 Å². The molecule has 1 saturated heterocycles. The van der Waals surface area contributed by atoms with Crippen LogP contribution in [0.15, 0.2) is 60.8 Å². The number of anilines is 4. The number of halogens is 1. The van der Waals surface area contributed by atoms with Crippen molar-refractivity contribution in [2.75, 3.05) is 41.3 Å². The van der Waals surface area contributed by atoms with Crippen LogP contribution < -0.4 is 15.1 Å². The fourth-order valence-electron chi connectivity index (χ4n) is 3.27. The summed E-state index contributed by atoms with van der Waals surface area (Å²) in [6.45, 7) is 5.68. The molecular formula is C21H22FN5. The zero-order valence-corrected chi connectivity index (χ0v) is 15.3. The number of aromatic nitrogens is 2. The maximum Gasteiger partial charge on any atom is 0.227 e. The summed E-state index contributed by atoms with van der Waals surface area (Å²) in [5, 5.41) is 3.14. The molecular weight excluding hydrogens is 341 g/mol. The van der Waals surface area contributed by atoms with E-state index in [2.05, 4.69) is 56.3 Å². The number of piperazine rings is 1. The van der Waals surface area contributed by atoms with Crippen LogP contribution in [0.1, 0.15) is 5.56 Å². The summed E-state index contributed by atoms with van der Waals surface area (Å²) in [6.07, 6.45) is 1.73. The molecule has 1 N–H and O–H groups in total. The summed E-state index contributed by atoms with van der Waals surface area (Å²) < 4.78 is 13.4. The zero-order chi connectivity index (χ0) is 18.6. The van der Waals surface area contributed by atoms with Gasteiger partial charge in [0.25, 0.3) is 0 Å². The molecule has 3 aromatic rings. The first kappa shape index (κ1) is 17.3. The van der Waals surface area contributed by atoms with Crippen LogP contribution in [0.5, 0.6) is 0 Å². The van der Waals surface area contributed by atoms with E-state index in [1.165, 1.54) is 23.4 Å². The Hall–Kier alpha value is -3.15. The molecule has 0 aliphatic carbocycles. The predicted octanol–water partition coefficient (Wildman–Crippen LogP) is 3.99. The van der Waals surface area contributed by atoms with Gasteiger partial charge in [-0.3, -0.25) is 0 Å². The maximum atomic E-state index is 13.4. The molecule has 0 spiro atoms. The van der Waals surface area contributed by atoms with Crippen molar-refractivity contribution >= 4 is 23.1 Å². The summed E-state index contributed by atoms with van der Waals surface area (Å²) in [5.41, 5.74) is 3.20. The number of rotatable bonds is 4. The van der Waals surface area contributed by atoms with Crippen molar-refractivity contribution in [2.24, 2.45) is 0 Å². The molecule has 2 aromatic carbocycles. The van der Waals surface area contributed by atoms with E-state index in [1.807, 2.05) is 6.07 Å². The van der Waals surface area contributed by atoms with Crippen molar-refractivity contribution < 1.29 is 4.39 Å². The highest BCUT2D eigenvalue weighted by Gasteiger charge is 2.19. The largest absolute Gasteiger partial charge is 0.368 e. The lowest BCUT2D eigenvalue weighted by atomic mass is 10.2. The SMILES string of the molecule is Cc1cccc(N2CCN(c3nccc(Nc4cccc(F)c4)n3)CC2)c1. The van der Waals surface area contributed by atoms with Crippen molar-refractivity contribution in [1.29, 1.82) is 0 Å². The summed E-state index contributed by atoms with van der Waals surface area (Å²) in [4.78, 5) is 13.6. The van der Waals surface area contributed by atoms with Crippen LogP contribution in [0.4, 0.5) is 27.5 Å². The Balaban J connectivity index is 1.42. The number of hydrogen-bond donors (Lipinski definition) is 1. The molecule has 0 radical (unpaired) electrons. The van der Waals surface area contributed by atoms with Crippen LogP contribution in [-0.2, 0) is 0 Å². The van der Waals surface area contributed by atoms with E-state index >= 15 is 0 Å². The van der Waals surface area contributed by atoms with Gasteiger partial charge >= 0.3 is 0 Å². The van der Waals surface area contributed by atoms with Gasteiger partial charge in [-0.25, -0.2) is 9.37 Å². The molecule has 6 heteroatoms. The lowest BCUT2D eigenvalue weighted by Crippen LogP contribution is -2.47. The van der Waals surface area contributed by atoms with Crippen molar-refractivity contribution in [3.63, 3.8) is 0 Å². The predicted molar refractivity (Wildman–Crippen MR) is 107 cm³/mol. The van der Waals surface area contributed by atoms with Gasteiger partial charge in [0.1, 0.15) is 11.6 Å². The topological polar surface area (TPSA) is 44.3 Å². The third kappa shape index (κ3) is 4.16. The number of benzene rings is 2. The second-order valence-corrected chi connectivity index (χ2v) is 6.69. The normalized spacial score (nSPS) is 14.3. The van der Waals surface area contributed by atoms with Crippen molar-refractivity contribution in [3.05, 3.63) is 72.2 Å². The molecule has 2 heterocycles. The molecule has 0 saturated carbocycles. The van der Waals surface area contributed by atoms with Gasteiger partial charge in [0.05, 0.1) is 0 Å². The second-order valence-electron chi connectivity index (χ2n) is 6.69. The molecule has 1 aromatic heterocycles. The van der Waals surface area contributed by atoms with Gasteiger partial charge < -0.3 is 15.1 Å². The number of aryl methyl sites for hydroxylation is 1. The molecule has 4 rings (SSSR count). The number of nitrogens with zero attached hydrogens (tertiary/aromatic N) is 4. The molecule has 138 valence electrons. The van der Waals surface area contributed by atoms with E-state index < -0.39 is 0 Å². The quantitative estimate of drug-likeness (QED) is 0.759. The van der Waals surface area contributed by atoms with E-state index in [1.54, 1.807) is 18.3 Å². The molecule has 0 unspecified atom stereocenters. The third-order valence-corrected chi connectivity index (χ3v) is 4.67. The fraction of sp³-hybridized carbons (Fsp3) is 0.238. The Bertz CT molecular complexity index is 922. The van der Waals surface area contributed by atoms with Crippen LogP contribution >= 0.6 is 0 Å². The van der Waals surface area contributed by atoms with Gasteiger partial charge in [0.15, 0.2) is 0 Å². The first-order valence-corrected chi connectivity index (χ1v) is 9.09. The Morgan fingerprint density at radius 3 is 2.48 bits per heavy atom. The van der Waals surface area contributed by atoms with Crippen molar-refractivity contribution in [1.82, 2.24) is 9.97 Å².